The van der Waals surface area contributed by atoms with Crippen molar-refractivity contribution < 1.29 is 9.59 Å². The summed E-state index contributed by atoms with van der Waals surface area (Å²) >= 11 is 2.80. The summed E-state index contributed by atoms with van der Waals surface area (Å²) in [6.07, 6.45) is 1.74. The minimum Gasteiger partial charge on any atom is -0.326 e. The van der Waals surface area contributed by atoms with Crippen LogP contribution >= 0.6 is 23.1 Å². The largest absolute Gasteiger partial charge is 0.326 e. The molecule has 1 saturated heterocycles. The molecule has 0 bridgehead atoms. The lowest BCUT2D eigenvalue weighted by Gasteiger charge is -2.07. The summed E-state index contributed by atoms with van der Waals surface area (Å²) < 4.78 is 0. The van der Waals surface area contributed by atoms with E-state index in [4.69, 9.17) is 0 Å². The average molecular weight is 387 g/mol. The lowest BCUT2D eigenvalue weighted by Crippen LogP contribution is -2.28. The Morgan fingerprint density at radius 3 is 2.73 bits per heavy atom. The fourth-order valence-corrected chi connectivity index (χ4v) is 3.96. The van der Waals surface area contributed by atoms with Crippen molar-refractivity contribution in [1.82, 2.24) is 5.32 Å². The molecule has 6 nitrogen and oxygen atoms in total. The second-order valence-electron chi connectivity index (χ2n) is 5.83. The SMILES string of the molecule is Cc1ccc(NC(=O)C[C@H]2S/C(=N\N=C/c3sccc3C)NC2=O)cc1. The van der Waals surface area contributed by atoms with E-state index >= 15 is 0 Å². The van der Waals surface area contributed by atoms with Crippen LogP contribution in [0.2, 0.25) is 0 Å². The van der Waals surface area contributed by atoms with Gasteiger partial charge in [0.1, 0.15) is 5.25 Å². The number of aryl methyl sites for hydroxylation is 2. The highest BCUT2D eigenvalue weighted by molar-refractivity contribution is 8.15. The Hall–Kier alpha value is -2.45. The minimum atomic E-state index is -0.502. The number of thioether (sulfide) groups is 1. The summed E-state index contributed by atoms with van der Waals surface area (Å²) in [5.74, 6) is -0.434. The van der Waals surface area contributed by atoms with Gasteiger partial charge in [-0.3, -0.25) is 9.59 Å². The molecule has 1 aliphatic rings. The summed E-state index contributed by atoms with van der Waals surface area (Å²) in [6, 6.07) is 9.52. The summed E-state index contributed by atoms with van der Waals surface area (Å²) in [5, 5.41) is 15.4. The molecule has 1 fully saturated rings. The third-order valence-electron chi connectivity index (χ3n) is 3.71. The van der Waals surface area contributed by atoms with Crippen LogP contribution < -0.4 is 10.6 Å². The first-order valence-corrected chi connectivity index (χ1v) is 9.76. The second-order valence-corrected chi connectivity index (χ2v) is 7.97. The standard InChI is InChI=1S/C18H18N4O2S2/c1-11-3-5-13(6-4-11)20-16(23)9-14-17(24)21-18(26-14)22-19-10-15-12(2)7-8-25-15/h3-8,10,14H,9H2,1-2H3,(H,20,23)(H,21,22,24)/b19-10-/t14-/m1/s1. The van der Waals surface area contributed by atoms with Gasteiger partial charge in [-0.15, -0.1) is 16.4 Å². The van der Waals surface area contributed by atoms with E-state index in [1.807, 2.05) is 49.6 Å². The predicted molar refractivity (Wildman–Crippen MR) is 108 cm³/mol. The van der Waals surface area contributed by atoms with Gasteiger partial charge in [0.05, 0.1) is 11.1 Å². The average Bonchev–Trinajstić information content (AvgIpc) is 3.16. The van der Waals surface area contributed by atoms with E-state index in [9.17, 15) is 9.59 Å². The molecular weight excluding hydrogens is 368 g/mol. The fourth-order valence-electron chi connectivity index (χ4n) is 2.25. The highest BCUT2D eigenvalue weighted by Gasteiger charge is 2.32. The number of amidine groups is 1. The zero-order valence-electron chi connectivity index (χ0n) is 14.4. The van der Waals surface area contributed by atoms with Crippen LogP contribution in [0.25, 0.3) is 0 Å². The monoisotopic (exact) mass is 386 g/mol. The van der Waals surface area contributed by atoms with Crippen molar-refractivity contribution in [3.05, 3.63) is 51.7 Å². The number of amides is 2. The van der Waals surface area contributed by atoms with Crippen molar-refractivity contribution in [2.75, 3.05) is 5.32 Å². The molecule has 0 unspecified atom stereocenters. The Morgan fingerprint density at radius 2 is 2.04 bits per heavy atom. The highest BCUT2D eigenvalue weighted by Crippen LogP contribution is 2.23. The Bertz CT molecular complexity index is 872. The number of thiophene rings is 1. The van der Waals surface area contributed by atoms with Gasteiger partial charge >= 0.3 is 0 Å². The molecule has 2 heterocycles. The van der Waals surface area contributed by atoms with E-state index in [0.29, 0.717) is 10.9 Å². The molecule has 2 N–H and O–H groups in total. The first-order chi connectivity index (χ1) is 12.5. The molecule has 2 amide bonds. The van der Waals surface area contributed by atoms with Crippen LogP contribution in [0.4, 0.5) is 5.69 Å². The molecular formula is C18H18N4O2S2. The summed E-state index contributed by atoms with van der Waals surface area (Å²) in [5.41, 5.74) is 2.97. The molecule has 134 valence electrons. The Kier molecular flexibility index (Phi) is 5.85. The number of nitrogens with zero attached hydrogens (tertiary/aromatic N) is 2. The number of benzene rings is 1. The summed E-state index contributed by atoms with van der Waals surface area (Å²) in [6.45, 7) is 3.98. The number of carbonyl (C=O) groups excluding carboxylic acids is 2. The van der Waals surface area contributed by atoms with Crippen molar-refractivity contribution in [3.63, 3.8) is 0 Å². The van der Waals surface area contributed by atoms with Gasteiger partial charge in [-0.2, -0.15) is 5.10 Å². The highest BCUT2D eigenvalue weighted by atomic mass is 32.2. The van der Waals surface area contributed by atoms with Crippen LogP contribution in [0, 0.1) is 13.8 Å². The molecule has 1 aliphatic heterocycles. The molecule has 1 aromatic heterocycles. The van der Waals surface area contributed by atoms with Crippen LogP contribution in [0.15, 0.2) is 45.9 Å². The second kappa shape index (κ2) is 8.29. The molecule has 0 aliphatic carbocycles. The third-order valence-corrected chi connectivity index (χ3v) is 5.73. The van der Waals surface area contributed by atoms with Crippen molar-refractivity contribution >= 4 is 52.0 Å². The maximum atomic E-state index is 12.1. The topological polar surface area (TPSA) is 82.9 Å². The number of carbonyl (C=O) groups is 2. The molecule has 3 rings (SSSR count). The van der Waals surface area contributed by atoms with Crippen molar-refractivity contribution in [2.24, 2.45) is 10.2 Å². The Morgan fingerprint density at radius 1 is 1.27 bits per heavy atom. The Labute approximate surface area is 159 Å². The normalized spacial score (nSPS) is 18.5. The lowest BCUT2D eigenvalue weighted by molar-refractivity contribution is -0.122. The molecule has 0 spiro atoms. The van der Waals surface area contributed by atoms with Gasteiger partial charge in [0.2, 0.25) is 11.8 Å². The van der Waals surface area contributed by atoms with Crippen molar-refractivity contribution in [1.29, 1.82) is 0 Å². The molecule has 26 heavy (non-hydrogen) atoms. The molecule has 8 heteroatoms. The van der Waals surface area contributed by atoms with Crippen molar-refractivity contribution in [3.8, 4) is 0 Å². The maximum Gasteiger partial charge on any atom is 0.240 e. The smallest absolute Gasteiger partial charge is 0.240 e. The predicted octanol–water partition coefficient (Wildman–Crippen LogP) is 3.32. The van der Waals surface area contributed by atoms with Crippen molar-refractivity contribution in [2.45, 2.75) is 25.5 Å². The number of hydrogen-bond donors (Lipinski definition) is 2. The lowest BCUT2D eigenvalue weighted by atomic mass is 10.2. The van der Waals surface area contributed by atoms with E-state index in [0.717, 1.165) is 16.0 Å². The first kappa shape index (κ1) is 18.3. The van der Waals surface area contributed by atoms with Crippen LogP contribution in [0.1, 0.15) is 22.4 Å². The maximum absolute atomic E-state index is 12.1. The van der Waals surface area contributed by atoms with Crippen LogP contribution in [-0.2, 0) is 9.59 Å². The summed E-state index contributed by atoms with van der Waals surface area (Å²) in [7, 11) is 0. The molecule has 1 aromatic carbocycles. The number of nitrogens with one attached hydrogen (secondary N) is 2. The third kappa shape index (κ3) is 4.80. The zero-order chi connectivity index (χ0) is 18.5. The first-order valence-electron chi connectivity index (χ1n) is 8.00. The van der Waals surface area contributed by atoms with E-state index in [2.05, 4.69) is 20.8 Å². The summed E-state index contributed by atoms with van der Waals surface area (Å²) in [4.78, 5) is 25.2. The number of hydrogen-bond acceptors (Lipinski definition) is 6. The van der Waals surface area contributed by atoms with Gasteiger partial charge in [-0.1, -0.05) is 29.5 Å². The molecule has 2 aromatic rings. The van der Waals surface area contributed by atoms with Gasteiger partial charge in [-0.25, -0.2) is 0 Å². The zero-order valence-corrected chi connectivity index (χ0v) is 16.0. The van der Waals surface area contributed by atoms with Crippen LogP contribution in [0.5, 0.6) is 0 Å². The van der Waals surface area contributed by atoms with Gasteiger partial charge < -0.3 is 10.6 Å². The molecule has 0 radical (unpaired) electrons. The van der Waals surface area contributed by atoms with E-state index in [1.165, 1.54) is 11.8 Å². The van der Waals surface area contributed by atoms with E-state index in [-0.39, 0.29) is 18.2 Å². The molecule has 1 atom stereocenters. The number of anilines is 1. The van der Waals surface area contributed by atoms with Gasteiger partial charge in [0.25, 0.3) is 0 Å². The van der Waals surface area contributed by atoms with Gasteiger partial charge in [-0.05, 0) is 43.0 Å². The van der Waals surface area contributed by atoms with Gasteiger partial charge in [0, 0.05) is 12.1 Å². The van der Waals surface area contributed by atoms with Crippen LogP contribution in [0.3, 0.4) is 0 Å². The van der Waals surface area contributed by atoms with Gasteiger partial charge in [0.15, 0.2) is 5.17 Å². The van der Waals surface area contributed by atoms with Crippen LogP contribution in [-0.4, -0.2) is 28.4 Å². The quantitative estimate of drug-likeness (QED) is 0.611. The van der Waals surface area contributed by atoms with E-state index in [1.54, 1.807) is 17.6 Å². The molecule has 0 saturated carbocycles. The minimum absolute atomic E-state index is 0.0805. The number of rotatable bonds is 5. The fraction of sp³-hybridized carbons (Fsp3) is 0.222. The Balaban J connectivity index is 1.55. The van der Waals surface area contributed by atoms with E-state index < -0.39 is 5.25 Å².